The highest BCUT2D eigenvalue weighted by atomic mass is 32.2. The van der Waals surface area contributed by atoms with Gasteiger partial charge in [-0.1, -0.05) is 12.2 Å². The summed E-state index contributed by atoms with van der Waals surface area (Å²) in [5.74, 6) is 1.20. The van der Waals surface area contributed by atoms with Crippen molar-refractivity contribution in [3.63, 3.8) is 0 Å². The second-order valence-corrected chi connectivity index (χ2v) is 5.33. The Bertz CT molecular complexity index is 598. The van der Waals surface area contributed by atoms with Gasteiger partial charge in [-0.2, -0.15) is 0 Å². The van der Waals surface area contributed by atoms with Crippen LogP contribution in [0.2, 0.25) is 0 Å². The summed E-state index contributed by atoms with van der Waals surface area (Å²) in [7, 11) is 1.63. The number of hydrogen-bond acceptors (Lipinski definition) is 4. The first-order chi connectivity index (χ1) is 9.17. The fourth-order valence-corrected chi connectivity index (χ4v) is 2.57. The highest BCUT2D eigenvalue weighted by molar-refractivity contribution is 7.98. The predicted molar refractivity (Wildman–Crippen MR) is 76.1 cm³/mol. The van der Waals surface area contributed by atoms with Crippen LogP contribution in [0, 0.1) is 10.5 Å². The van der Waals surface area contributed by atoms with Crippen LogP contribution in [0.1, 0.15) is 11.5 Å². The molecule has 0 aliphatic heterocycles. The van der Waals surface area contributed by atoms with E-state index in [9.17, 15) is 4.39 Å². The van der Waals surface area contributed by atoms with Crippen molar-refractivity contribution >= 4 is 24.0 Å². The summed E-state index contributed by atoms with van der Waals surface area (Å²) in [6.45, 7) is 0.473. The maximum absolute atomic E-state index is 12.8. The molecule has 0 amide bonds. The minimum atomic E-state index is -0.232. The van der Waals surface area contributed by atoms with Crippen LogP contribution in [0.3, 0.4) is 0 Å². The summed E-state index contributed by atoms with van der Waals surface area (Å²) in [5, 5.41) is 0. The molecule has 1 aromatic heterocycles. The molecular weight excluding hydrogens is 283 g/mol. The van der Waals surface area contributed by atoms with Gasteiger partial charge in [-0.3, -0.25) is 0 Å². The number of methoxy groups -OCH3 is 1. The largest absolute Gasteiger partial charge is 0.378 e. The van der Waals surface area contributed by atoms with Crippen LogP contribution < -0.4 is 0 Å². The van der Waals surface area contributed by atoms with E-state index in [1.54, 1.807) is 37.1 Å². The summed E-state index contributed by atoms with van der Waals surface area (Å²) in [4.78, 5) is 8.41. The van der Waals surface area contributed by atoms with Crippen molar-refractivity contribution in [2.75, 3.05) is 7.11 Å². The van der Waals surface area contributed by atoms with Crippen molar-refractivity contribution in [1.29, 1.82) is 0 Å². The Morgan fingerprint density at radius 2 is 2.11 bits per heavy atom. The molecule has 0 spiro atoms. The normalized spacial score (nSPS) is 10.6. The third-order valence-electron chi connectivity index (χ3n) is 2.34. The van der Waals surface area contributed by atoms with E-state index in [0.717, 1.165) is 16.4 Å². The van der Waals surface area contributed by atoms with E-state index in [1.165, 1.54) is 12.1 Å². The lowest BCUT2D eigenvalue weighted by atomic mass is 10.4. The molecule has 1 N–H and O–H groups in total. The van der Waals surface area contributed by atoms with Crippen molar-refractivity contribution in [2.45, 2.75) is 17.3 Å². The Kier molecular flexibility index (Phi) is 5.07. The predicted octanol–water partition coefficient (Wildman–Crippen LogP) is 3.72. The monoisotopic (exact) mass is 296 g/mol. The summed E-state index contributed by atoms with van der Waals surface area (Å²) in [6, 6.07) is 8.16. The van der Waals surface area contributed by atoms with Crippen LogP contribution in [0.15, 0.2) is 35.2 Å². The summed E-state index contributed by atoms with van der Waals surface area (Å²) in [6.07, 6.45) is 0. The molecule has 0 saturated carbocycles. The van der Waals surface area contributed by atoms with Gasteiger partial charge in [0.05, 0.1) is 12.4 Å². The molecule has 3 nitrogen and oxygen atoms in total. The molecule has 1 aromatic carbocycles. The number of nitrogens with zero attached hydrogens (tertiary/aromatic N) is 1. The Balaban J connectivity index is 2.06. The number of aromatic amines is 1. The first kappa shape index (κ1) is 14.2. The average molecular weight is 296 g/mol. The fraction of sp³-hybridized carbons (Fsp3) is 0.231. The van der Waals surface area contributed by atoms with Crippen LogP contribution in [0.4, 0.5) is 4.39 Å². The van der Waals surface area contributed by atoms with Crippen molar-refractivity contribution in [2.24, 2.45) is 0 Å². The first-order valence-electron chi connectivity index (χ1n) is 5.64. The Hall–Kier alpha value is -1.24. The minimum absolute atomic E-state index is 0.232. The Morgan fingerprint density at radius 3 is 2.79 bits per heavy atom. The van der Waals surface area contributed by atoms with Crippen molar-refractivity contribution in [1.82, 2.24) is 9.97 Å². The fourth-order valence-electron chi connectivity index (χ4n) is 1.55. The molecule has 0 aliphatic carbocycles. The molecule has 1 heterocycles. The summed E-state index contributed by atoms with van der Waals surface area (Å²) >= 11 is 6.67. The third kappa shape index (κ3) is 4.41. The van der Waals surface area contributed by atoms with E-state index >= 15 is 0 Å². The standard InChI is InChI=1S/C13H13FN2OS2/c1-17-7-10-6-13(18)16-12(15-10)8-19-11-4-2-9(14)3-5-11/h2-6H,7-8H2,1H3,(H,15,16,18). The maximum Gasteiger partial charge on any atom is 0.130 e. The number of aromatic nitrogens is 2. The van der Waals surface area contributed by atoms with Crippen LogP contribution in [0.25, 0.3) is 0 Å². The molecular formula is C13H13FN2OS2. The van der Waals surface area contributed by atoms with Crippen molar-refractivity contribution in [3.05, 3.63) is 52.3 Å². The lowest BCUT2D eigenvalue weighted by molar-refractivity contribution is 0.181. The zero-order chi connectivity index (χ0) is 13.7. The second kappa shape index (κ2) is 6.79. The quantitative estimate of drug-likeness (QED) is 0.674. The number of H-pyrrole nitrogens is 1. The van der Waals surface area contributed by atoms with Crippen molar-refractivity contribution in [3.8, 4) is 0 Å². The molecule has 0 aliphatic rings. The smallest absolute Gasteiger partial charge is 0.130 e. The number of ether oxygens (including phenoxy) is 1. The third-order valence-corrected chi connectivity index (χ3v) is 3.57. The van der Waals surface area contributed by atoms with E-state index in [1.807, 2.05) is 0 Å². The first-order valence-corrected chi connectivity index (χ1v) is 7.03. The lowest BCUT2D eigenvalue weighted by Gasteiger charge is -2.05. The van der Waals surface area contributed by atoms with Crippen LogP contribution >= 0.6 is 24.0 Å². The molecule has 100 valence electrons. The maximum atomic E-state index is 12.8. The van der Waals surface area contributed by atoms with E-state index in [-0.39, 0.29) is 5.82 Å². The van der Waals surface area contributed by atoms with Gasteiger partial charge in [0.15, 0.2) is 0 Å². The molecule has 2 aromatic rings. The van der Waals surface area contributed by atoms with Crippen LogP contribution in [0.5, 0.6) is 0 Å². The highest BCUT2D eigenvalue weighted by Gasteiger charge is 2.01. The van der Waals surface area contributed by atoms with Gasteiger partial charge in [0, 0.05) is 17.7 Å². The molecule has 6 heteroatoms. The average Bonchev–Trinajstić information content (AvgIpc) is 2.38. The zero-order valence-electron chi connectivity index (χ0n) is 10.4. The summed E-state index contributed by atoms with van der Waals surface area (Å²) in [5.41, 5.74) is 0.900. The number of benzene rings is 1. The number of halogens is 1. The second-order valence-electron chi connectivity index (χ2n) is 3.87. The molecule has 19 heavy (non-hydrogen) atoms. The number of nitrogens with one attached hydrogen (secondary N) is 1. The SMILES string of the molecule is COCc1cc(=S)nc(CSc2ccc(F)cc2)[nH]1. The minimum Gasteiger partial charge on any atom is -0.378 e. The van der Waals surface area contributed by atoms with E-state index in [4.69, 9.17) is 17.0 Å². The number of hydrogen-bond donors (Lipinski definition) is 1. The van der Waals surface area contributed by atoms with Gasteiger partial charge in [0.2, 0.25) is 0 Å². The number of thioether (sulfide) groups is 1. The van der Waals surface area contributed by atoms with Gasteiger partial charge in [0.1, 0.15) is 16.3 Å². The van der Waals surface area contributed by atoms with Crippen molar-refractivity contribution < 1.29 is 9.13 Å². The highest BCUT2D eigenvalue weighted by Crippen LogP contribution is 2.21. The summed E-state index contributed by atoms with van der Waals surface area (Å²) < 4.78 is 18.4. The van der Waals surface area contributed by atoms with E-state index in [0.29, 0.717) is 17.0 Å². The van der Waals surface area contributed by atoms with Gasteiger partial charge >= 0.3 is 0 Å². The zero-order valence-corrected chi connectivity index (χ0v) is 12.0. The van der Waals surface area contributed by atoms with Gasteiger partial charge in [-0.15, -0.1) is 11.8 Å². The van der Waals surface area contributed by atoms with E-state index in [2.05, 4.69) is 9.97 Å². The van der Waals surface area contributed by atoms with Gasteiger partial charge in [0.25, 0.3) is 0 Å². The molecule has 0 atom stereocenters. The molecule has 0 fully saturated rings. The van der Waals surface area contributed by atoms with Gasteiger partial charge < -0.3 is 9.72 Å². The molecule has 2 rings (SSSR count). The number of rotatable bonds is 5. The topological polar surface area (TPSA) is 37.9 Å². The van der Waals surface area contributed by atoms with Crippen LogP contribution in [-0.2, 0) is 17.1 Å². The van der Waals surface area contributed by atoms with E-state index < -0.39 is 0 Å². The Morgan fingerprint density at radius 1 is 1.37 bits per heavy atom. The Labute approximate surface area is 120 Å². The molecule has 0 unspecified atom stereocenters. The molecule has 0 radical (unpaired) electrons. The lowest BCUT2D eigenvalue weighted by Crippen LogP contribution is -1.99. The van der Waals surface area contributed by atoms with Gasteiger partial charge in [-0.05, 0) is 30.3 Å². The van der Waals surface area contributed by atoms with Gasteiger partial charge in [-0.25, -0.2) is 9.37 Å². The molecule has 0 bridgehead atoms. The van der Waals surface area contributed by atoms with Crippen LogP contribution in [-0.4, -0.2) is 17.1 Å². The molecule has 0 saturated heterocycles.